The molecule has 184 valence electrons. The van der Waals surface area contributed by atoms with E-state index in [-0.39, 0.29) is 30.7 Å². The van der Waals surface area contributed by atoms with Crippen molar-refractivity contribution in [3.63, 3.8) is 0 Å². The molecule has 0 spiro atoms. The number of piperazine rings is 1. The number of hydrogen-bond donors (Lipinski definition) is 0. The summed E-state index contributed by atoms with van der Waals surface area (Å²) in [5, 5.41) is 0. The van der Waals surface area contributed by atoms with Crippen LogP contribution in [0.2, 0.25) is 0 Å². The molecule has 3 aliphatic heterocycles. The molecule has 2 unspecified atom stereocenters. The highest BCUT2D eigenvalue weighted by atomic mass is 16.6. The molecule has 0 radical (unpaired) electrons. The number of amides is 3. The summed E-state index contributed by atoms with van der Waals surface area (Å²) in [4.78, 5) is 44.1. The molecule has 3 heterocycles. The van der Waals surface area contributed by atoms with E-state index in [0.29, 0.717) is 54.9 Å². The first-order chi connectivity index (χ1) is 17.0. The Morgan fingerprint density at radius 2 is 1.71 bits per heavy atom. The van der Waals surface area contributed by atoms with Gasteiger partial charge in [-0.3, -0.25) is 19.3 Å². The third kappa shape index (κ3) is 4.25. The number of ether oxygens (including phenoxy) is 4. The highest BCUT2D eigenvalue weighted by Crippen LogP contribution is 2.36. The van der Waals surface area contributed by atoms with Crippen LogP contribution in [0.3, 0.4) is 0 Å². The van der Waals surface area contributed by atoms with Gasteiger partial charge in [0.25, 0.3) is 11.8 Å². The van der Waals surface area contributed by atoms with Crippen molar-refractivity contribution in [2.24, 2.45) is 0 Å². The molecule has 2 atom stereocenters. The fourth-order valence-electron chi connectivity index (χ4n) is 4.72. The van der Waals surface area contributed by atoms with E-state index in [1.165, 1.54) is 19.1 Å². The van der Waals surface area contributed by atoms with Crippen LogP contribution in [-0.4, -0.2) is 86.7 Å². The first-order valence-corrected chi connectivity index (χ1v) is 11.5. The zero-order valence-corrected chi connectivity index (χ0v) is 19.6. The van der Waals surface area contributed by atoms with Crippen LogP contribution in [0, 0.1) is 0 Å². The van der Waals surface area contributed by atoms with Crippen molar-refractivity contribution in [3.8, 4) is 23.0 Å². The van der Waals surface area contributed by atoms with Gasteiger partial charge in [-0.25, -0.2) is 4.90 Å². The molecule has 0 N–H and O–H groups in total. The second kappa shape index (κ2) is 9.46. The number of para-hydroxylation sites is 2. The Hall–Kier alpha value is -3.79. The van der Waals surface area contributed by atoms with Crippen molar-refractivity contribution in [3.05, 3.63) is 42.5 Å². The van der Waals surface area contributed by atoms with Crippen LogP contribution in [0.5, 0.6) is 23.0 Å². The average Bonchev–Trinajstić information content (AvgIpc) is 3.20. The quantitative estimate of drug-likeness (QED) is 0.590. The van der Waals surface area contributed by atoms with E-state index in [0.717, 1.165) is 0 Å². The van der Waals surface area contributed by atoms with Crippen LogP contribution in [0.15, 0.2) is 42.5 Å². The van der Waals surface area contributed by atoms with Gasteiger partial charge in [-0.15, -0.1) is 0 Å². The van der Waals surface area contributed by atoms with Gasteiger partial charge in [0, 0.05) is 32.2 Å². The minimum atomic E-state index is -0.706. The number of rotatable bonds is 5. The van der Waals surface area contributed by atoms with Crippen LogP contribution >= 0.6 is 0 Å². The predicted octanol–water partition coefficient (Wildman–Crippen LogP) is 1.32. The van der Waals surface area contributed by atoms with Crippen molar-refractivity contribution >= 4 is 23.4 Å². The lowest BCUT2D eigenvalue weighted by Crippen LogP contribution is -2.57. The largest absolute Gasteiger partial charge is 0.497 e. The normalized spacial score (nSPS) is 22.3. The van der Waals surface area contributed by atoms with Crippen LogP contribution < -0.4 is 23.8 Å². The SMILES string of the molecule is COc1ccc(OC)c(N2C(=O)CC(N3CCN(C(=O)C4COc5ccccc5O4)CC3)C2=O)c1. The topological polar surface area (TPSA) is 97.9 Å². The number of hydrogen-bond acceptors (Lipinski definition) is 8. The summed E-state index contributed by atoms with van der Waals surface area (Å²) in [5.74, 6) is 1.38. The molecule has 0 aliphatic carbocycles. The fourth-order valence-corrected chi connectivity index (χ4v) is 4.72. The van der Waals surface area contributed by atoms with E-state index in [2.05, 4.69) is 0 Å². The lowest BCUT2D eigenvalue weighted by atomic mass is 10.1. The zero-order chi connectivity index (χ0) is 24.5. The maximum Gasteiger partial charge on any atom is 0.267 e. The molecule has 3 aliphatic rings. The first-order valence-electron chi connectivity index (χ1n) is 11.5. The Kier molecular flexibility index (Phi) is 6.21. The van der Waals surface area contributed by atoms with Gasteiger partial charge < -0.3 is 23.8 Å². The number of carbonyl (C=O) groups is 3. The monoisotopic (exact) mass is 481 g/mol. The van der Waals surface area contributed by atoms with Gasteiger partial charge in [0.1, 0.15) is 18.1 Å². The van der Waals surface area contributed by atoms with Crippen LogP contribution in [0.25, 0.3) is 0 Å². The predicted molar refractivity (Wildman–Crippen MR) is 125 cm³/mol. The average molecular weight is 482 g/mol. The van der Waals surface area contributed by atoms with E-state index in [9.17, 15) is 14.4 Å². The molecule has 2 fully saturated rings. The molecule has 5 rings (SSSR count). The van der Waals surface area contributed by atoms with Gasteiger partial charge in [-0.1, -0.05) is 12.1 Å². The van der Waals surface area contributed by atoms with Gasteiger partial charge in [-0.05, 0) is 24.3 Å². The highest BCUT2D eigenvalue weighted by Gasteiger charge is 2.45. The van der Waals surface area contributed by atoms with Crippen molar-refractivity contribution in [1.82, 2.24) is 9.80 Å². The number of methoxy groups -OCH3 is 2. The number of imide groups is 1. The van der Waals surface area contributed by atoms with Crippen molar-refractivity contribution in [2.75, 3.05) is 51.9 Å². The van der Waals surface area contributed by atoms with Crippen LogP contribution in [0.4, 0.5) is 5.69 Å². The third-order valence-corrected chi connectivity index (χ3v) is 6.60. The summed E-state index contributed by atoms with van der Waals surface area (Å²) in [6.07, 6.45) is -0.633. The second-order valence-electron chi connectivity index (χ2n) is 8.55. The Morgan fingerprint density at radius 3 is 2.43 bits per heavy atom. The second-order valence-corrected chi connectivity index (χ2v) is 8.55. The lowest BCUT2D eigenvalue weighted by Gasteiger charge is -2.38. The van der Waals surface area contributed by atoms with Crippen molar-refractivity contribution in [1.29, 1.82) is 0 Å². The standard InChI is InChI=1S/C25H27N3O7/c1-32-16-7-8-19(33-2)17(13-16)28-23(29)14-18(24(28)30)26-9-11-27(12-10-26)25(31)22-15-34-20-5-3-4-6-21(20)35-22/h3-8,13,18,22H,9-12,14-15H2,1-2H3. The van der Waals surface area contributed by atoms with Crippen LogP contribution in [-0.2, 0) is 14.4 Å². The number of carbonyl (C=O) groups excluding carboxylic acids is 3. The first kappa shape index (κ1) is 23.0. The van der Waals surface area contributed by atoms with Gasteiger partial charge in [0.2, 0.25) is 12.0 Å². The molecule has 2 aromatic carbocycles. The Bertz CT molecular complexity index is 1150. The molecule has 3 amide bonds. The number of anilines is 1. The highest BCUT2D eigenvalue weighted by molar-refractivity contribution is 6.23. The Labute approximate surface area is 202 Å². The maximum absolute atomic E-state index is 13.3. The molecule has 0 aromatic heterocycles. The van der Waals surface area contributed by atoms with Crippen molar-refractivity contribution in [2.45, 2.75) is 18.6 Å². The summed E-state index contributed by atoms with van der Waals surface area (Å²) in [6.45, 7) is 1.97. The van der Waals surface area contributed by atoms with E-state index in [1.54, 1.807) is 35.2 Å². The molecule has 35 heavy (non-hydrogen) atoms. The fraction of sp³-hybridized carbons (Fsp3) is 0.400. The molecule has 2 saturated heterocycles. The van der Waals surface area contributed by atoms with E-state index in [4.69, 9.17) is 18.9 Å². The molecular weight excluding hydrogens is 454 g/mol. The molecular formula is C25H27N3O7. The molecule has 10 heteroatoms. The number of fused-ring (bicyclic) bond motifs is 1. The number of benzene rings is 2. The van der Waals surface area contributed by atoms with Gasteiger partial charge in [0.05, 0.1) is 32.4 Å². The minimum Gasteiger partial charge on any atom is -0.497 e. The minimum absolute atomic E-state index is 0.0729. The smallest absolute Gasteiger partial charge is 0.267 e. The summed E-state index contributed by atoms with van der Waals surface area (Å²) in [5.41, 5.74) is 0.368. The van der Waals surface area contributed by atoms with E-state index < -0.39 is 12.1 Å². The van der Waals surface area contributed by atoms with E-state index >= 15 is 0 Å². The molecule has 0 saturated carbocycles. The van der Waals surface area contributed by atoms with Crippen LogP contribution in [0.1, 0.15) is 6.42 Å². The Balaban J connectivity index is 1.23. The van der Waals surface area contributed by atoms with Crippen molar-refractivity contribution < 1.29 is 33.3 Å². The summed E-state index contributed by atoms with van der Waals surface area (Å²) < 4.78 is 22.2. The molecule has 0 bridgehead atoms. The van der Waals surface area contributed by atoms with Gasteiger partial charge >= 0.3 is 0 Å². The number of nitrogens with zero attached hydrogens (tertiary/aromatic N) is 3. The summed E-state index contributed by atoms with van der Waals surface area (Å²) >= 11 is 0. The molecule has 10 nitrogen and oxygen atoms in total. The molecule has 2 aromatic rings. The van der Waals surface area contributed by atoms with E-state index in [1.807, 2.05) is 17.0 Å². The maximum atomic E-state index is 13.3. The summed E-state index contributed by atoms with van der Waals surface area (Å²) in [7, 11) is 3.01. The Morgan fingerprint density at radius 1 is 0.971 bits per heavy atom. The third-order valence-electron chi connectivity index (χ3n) is 6.60. The van der Waals surface area contributed by atoms with Gasteiger partial charge in [0.15, 0.2) is 11.5 Å². The zero-order valence-electron chi connectivity index (χ0n) is 19.6. The lowest BCUT2D eigenvalue weighted by molar-refractivity contribution is -0.143. The van der Waals surface area contributed by atoms with Gasteiger partial charge in [-0.2, -0.15) is 0 Å². The summed E-state index contributed by atoms with van der Waals surface area (Å²) in [6, 6.07) is 11.7.